The van der Waals surface area contributed by atoms with E-state index in [2.05, 4.69) is 47.6 Å². The van der Waals surface area contributed by atoms with Crippen LogP contribution in [0.25, 0.3) is 11.4 Å². The van der Waals surface area contributed by atoms with Crippen LogP contribution in [0.1, 0.15) is 5.69 Å². The van der Waals surface area contributed by atoms with Crippen LogP contribution < -0.4 is 15.5 Å². The molecule has 4 aromatic rings. The lowest BCUT2D eigenvalue weighted by Gasteiger charge is -2.28. The Balaban J connectivity index is 1.27. The molecule has 0 spiro atoms. The summed E-state index contributed by atoms with van der Waals surface area (Å²) in [5.74, 6) is 1.85. The van der Waals surface area contributed by atoms with Gasteiger partial charge in [0.1, 0.15) is 11.6 Å². The van der Waals surface area contributed by atoms with Crippen molar-refractivity contribution in [1.82, 2.24) is 19.9 Å². The number of anilines is 5. The van der Waals surface area contributed by atoms with Crippen LogP contribution in [0.4, 0.5) is 29.0 Å². The largest absolute Gasteiger partial charge is 0.378 e. The minimum absolute atomic E-state index is 0.510. The first-order valence-corrected chi connectivity index (χ1v) is 10.9. The number of pyridine rings is 2. The van der Waals surface area contributed by atoms with Crippen molar-refractivity contribution in [2.45, 2.75) is 6.92 Å². The second-order valence-electron chi connectivity index (χ2n) is 7.73. The van der Waals surface area contributed by atoms with Gasteiger partial charge in [-0.05, 0) is 61.5 Å². The fourth-order valence-electron chi connectivity index (χ4n) is 3.66. The molecule has 4 heterocycles. The quantitative estimate of drug-likeness (QED) is 0.452. The minimum atomic E-state index is 0.510. The zero-order valence-electron chi connectivity index (χ0n) is 18.4. The van der Waals surface area contributed by atoms with Gasteiger partial charge in [-0.3, -0.25) is 4.98 Å². The number of aryl methyl sites for hydroxylation is 1. The molecule has 5 rings (SSSR count). The van der Waals surface area contributed by atoms with Crippen molar-refractivity contribution in [3.63, 3.8) is 0 Å². The van der Waals surface area contributed by atoms with Crippen LogP contribution >= 0.6 is 0 Å². The van der Waals surface area contributed by atoms with Crippen LogP contribution in [0, 0.1) is 6.92 Å². The Bertz CT molecular complexity index is 1220. The van der Waals surface area contributed by atoms with E-state index in [1.54, 1.807) is 6.20 Å². The number of rotatable bonds is 6. The molecule has 0 unspecified atom stereocenters. The molecule has 0 atom stereocenters. The van der Waals surface area contributed by atoms with Gasteiger partial charge < -0.3 is 20.3 Å². The summed E-state index contributed by atoms with van der Waals surface area (Å²) in [7, 11) is 0. The van der Waals surface area contributed by atoms with Crippen molar-refractivity contribution in [1.29, 1.82) is 0 Å². The van der Waals surface area contributed by atoms with Crippen LogP contribution in [-0.4, -0.2) is 46.2 Å². The number of hydrogen-bond acceptors (Lipinski definition) is 8. The van der Waals surface area contributed by atoms with Crippen LogP contribution in [0.5, 0.6) is 0 Å². The maximum atomic E-state index is 5.43. The fraction of sp³-hybridized carbons (Fsp3) is 0.200. The monoisotopic (exact) mass is 439 g/mol. The molecule has 1 aliphatic heterocycles. The number of ether oxygens (including phenoxy) is 1. The van der Waals surface area contributed by atoms with Gasteiger partial charge in [0.05, 0.1) is 24.6 Å². The molecule has 0 aliphatic carbocycles. The SMILES string of the molecule is Cc1cccc(-c2cccc(Nc3ccnc(Nc4ccc(N5CCOCC5)cc4)n3)n2)n1. The average molecular weight is 440 g/mol. The molecule has 0 bridgehead atoms. The molecule has 166 valence electrons. The predicted octanol–water partition coefficient (Wildman–Crippen LogP) is 4.57. The molecule has 0 amide bonds. The average Bonchev–Trinajstić information content (AvgIpc) is 2.85. The van der Waals surface area contributed by atoms with Gasteiger partial charge in [-0.1, -0.05) is 12.1 Å². The highest BCUT2D eigenvalue weighted by Crippen LogP contribution is 2.22. The van der Waals surface area contributed by atoms with Gasteiger partial charge in [-0.2, -0.15) is 4.98 Å². The van der Waals surface area contributed by atoms with E-state index in [1.807, 2.05) is 61.5 Å². The van der Waals surface area contributed by atoms with Crippen LogP contribution in [-0.2, 0) is 4.74 Å². The smallest absolute Gasteiger partial charge is 0.229 e. The molecule has 1 saturated heterocycles. The first kappa shape index (κ1) is 20.8. The van der Waals surface area contributed by atoms with E-state index in [4.69, 9.17) is 4.74 Å². The highest BCUT2D eigenvalue weighted by atomic mass is 16.5. The van der Waals surface area contributed by atoms with Gasteiger partial charge in [0, 0.05) is 36.4 Å². The van der Waals surface area contributed by atoms with Crippen molar-refractivity contribution >= 4 is 29.0 Å². The first-order chi connectivity index (χ1) is 16.2. The van der Waals surface area contributed by atoms with E-state index < -0.39 is 0 Å². The maximum absolute atomic E-state index is 5.43. The number of benzene rings is 1. The zero-order chi connectivity index (χ0) is 22.5. The Kier molecular flexibility index (Phi) is 6.08. The molecular weight excluding hydrogens is 414 g/mol. The number of aromatic nitrogens is 4. The third-order valence-corrected chi connectivity index (χ3v) is 5.31. The summed E-state index contributed by atoms with van der Waals surface area (Å²) in [5, 5.41) is 6.53. The van der Waals surface area contributed by atoms with Crippen molar-refractivity contribution in [2.24, 2.45) is 0 Å². The van der Waals surface area contributed by atoms with Gasteiger partial charge in [0.15, 0.2) is 0 Å². The minimum Gasteiger partial charge on any atom is -0.378 e. The molecule has 8 nitrogen and oxygen atoms in total. The molecular formula is C25H25N7O. The molecule has 3 aromatic heterocycles. The van der Waals surface area contributed by atoms with Crippen molar-refractivity contribution in [2.75, 3.05) is 41.8 Å². The lowest BCUT2D eigenvalue weighted by Crippen LogP contribution is -2.36. The Morgan fingerprint density at radius 2 is 1.48 bits per heavy atom. The number of morpholine rings is 1. The summed E-state index contributed by atoms with van der Waals surface area (Å²) in [6.45, 7) is 5.34. The summed E-state index contributed by atoms with van der Waals surface area (Å²) < 4.78 is 5.43. The van der Waals surface area contributed by atoms with E-state index in [0.29, 0.717) is 17.6 Å². The van der Waals surface area contributed by atoms with Gasteiger partial charge in [-0.25, -0.2) is 9.97 Å². The third kappa shape index (κ3) is 5.24. The van der Waals surface area contributed by atoms with E-state index in [0.717, 1.165) is 49.1 Å². The van der Waals surface area contributed by atoms with E-state index >= 15 is 0 Å². The molecule has 0 radical (unpaired) electrons. The molecule has 1 aromatic carbocycles. The molecule has 0 saturated carbocycles. The first-order valence-electron chi connectivity index (χ1n) is 10.9. The number of hydrogen-bond donors (Lipinski definition) is 2. The second kappa shape index (κ2) is 9.62. The highest BCUT2D eigenvalue weighted by Gasteiger charge is 2.11. The van der Waals surface area contributed by atoms with Gasteiger partial charge in [0.25, 0.3) is 0 Å². The third-order valence-electron chi connectivity index (χ3n) is 5.31. The fourth-order valence-corrected chi connectivity index (χ4v) is 3.66. The topological polar surface area (TPSA) is 88.1 Å². The Morgan fingerprint density at radius 3 is 2.27 bits per heavy atom. The normalized spacial score (nSPS) is 13.5. The van der Waals surface area contributed by atoms with Gasteiger partial charge in [0.2, 0.25) is 5.95 Å². The standard InChI is InChI=1S/C25H25N7O/c1-18-4-2-5-21(27-18)22-6-3-7-23(29-22)30-24-12-13-26-25(31-24)28-19-8-10-20(11-9-19)32-14-16-33-17-15-32/h2-13H,14-17H2,1H3,(H2,26,28,29,30,31). The van der Waals surface area contributed by atoms with Crippen LogP contribution in [0.2, 0.25) is 0 Å². The predicted molar refractivity (Wildman–Crippen MR) is 130 cm³/mol. The highest BCUT2D eigenvalue weighted by molar-refractivity contribution is 5.63. The number of nitrogens with one attached hydrogen (secondary N) is 2. The molecule has 2 N–H and O–H groups in total. The molecule has 1 aliphatic rings. The second-order valence-corrected chi connectivity index (χ2v) is 7.73. The van der Waals surface area contributed by atoms with Crippen molar-refractivity contribution in [3.05, 3.63) is 78.6 Å². The van der Waals surface area contributed by atoms with E-state index in [9.17, 15) is 0 Å². The maximum Gasteiger partial charge on any atom is 0.229 e. The summed E-state index contributed by atoms with van der Waals surface area (Å²) in [6.07, 6.45) is 1.71. The molecule has 1 fully saturated rings. The zero-order valence-corrected chi connectivity index (χ0v) is 18.4. The summed E-state index contributed by atoms with van der Waals surface area (Å²) in [5.41, 5.74) is 4.71. The Labute approximate surface area is 192 Å². The van der Waals surface area contributed by atoms with E-state index in [-0.39, 0.29) is 0 Å². The van der Waals surface area contributed by atoms with Crippen molar-refractivity contribution < 1.29 is 4.74 Å². The summed E-state index contributed by atoms with van der Waals surface area (Å²) >= 11 is 0. The van der Waals surface area contributed by atoms with Gasteiger partial charge in [-0.15, -0.1) is 0 Å². The summed E-state index contributed by atoms with van der Waals surface area (Å²) in [4.78, 5) is 20.5. The Morgan fingerprint density at radius 1 is 0.758 bits per heavy atom. The summed E-state index contributed by atoms with van der Waals surface area (Å²) in [6, 6.07) is 21.8. The molecule has 33 heavy (non-hydrogen) atoms. The van der Waals surface area contributed by atoms with E-state index in [1.165, 1.54) is 5.69 Å². The Hall–Kier alpha value is -4.04. The van der Waals surface area contributed by atoms with Crippen LogP contribution in [0.15, 0.2) is 72.9 Å². The van der Waals surface area contributed by atoms with Crippen LogP contribution in [0.3, 0.4) is 0 Å². The van der Waals surface area contributed by atoms with Crippen molar-refractivity contribution in [3.8, 4) is 11.4 Å². The lowest BCUT2D eigenvalue weighted by atomic mass is 10.2. The van der Waals surface area contributed by atoms with Gasteiger partial charge >= 0.3 is 0 Å². The molecule has 8 heteroatoms. The lowest BCUT2D eigenvalue weighted by molar-refractivity contribution is 0.122. The number of nitrogens with zero attached hydrogens (tertiary/aromatic N) is 5.